The fraction of sp³-hybridized carbons (Fsp3) is 0.421. The van der Waals surface area contributed by atoms with Gasteiger partial charge in [0.15, 0.2) is 5.65 Å². The van der Waals surface area contributed by atoms with Gasteiger partial charge >= 0.3 is 0 Å². The first-order valence-electron chi connectivity index (χ1n) is 9.30. The quantitative estimate of drug-likeness (QED) is 0.645. The molecular weight excluding hydrogens is 378 g/mol. The van der Waals surface area contributed by atoms with Crippen molar-refractivity contribution in [1.29, 1.82) is 0 Å². The van der Waals surface area contributed by atoms with Gasteiger partial charge in [0.05, 0.1) is 18.2 Å². The number of rotatable bonds is 6. The first-order valence-corrected chi connectivity index (χ1v) is 9.30. The van der Waals surface area contributed by atoms with E-state index in [4.69, 9.17) is 15.1 Å². The molecule has 150 valence electrons. The molecule has 1 aliphatic heterocycles. The summed E-state index contributed by atoms with van der Waals surface area (Å²) in [5.41, 5.74) is 2.03. The van der Waals surface area contributed by atoms with Crippen molar-refractivity contribution in [3.05, 3.63) is 42.1 Å². The summed E-state index contributed by atoms with van der Waals surface area (Å²) in [6, 6.07) is 10.3. The second-order valence-corrected chi connectivity index (χ2v) is 6.77. The highest BCUT2D eigenvalue weighted by molar-refractivity contribution is 5.87. The molecule has 1 saturated heterocycles. The highest BCUT2D eigenvalue weighted by Gasteiger charge is 2.21. The van der Waals surface area contributed by atoms with E-state index in [0.717, 1.165) is 55.5 Å². The molecule has 0 bridgehead atoms. The summed E-state index contributed by atoms with van der Waals surface area (Å²) >= 11 is 0. The number of fused-ring (bicyclic) bond motifs is 1. The van der Waals surface area contributed by atoms with Crippen molar-refractivity contribution in [1.82, 2.24) is 24.6 Å². The molecule has 1 aliphatic rings. The van der Waals surface area contributed by atoms with Crippen LogP contribution >= 0.6 is 12.4 Å². The van der Waals surface area contributed by atoms with Crippen LogP contribution in [-0.4, -0.2) is 69.1 Å². The van der Waals surface area contributed by atoms with Gasteiger partial charge in [-0.15, -0.1) is 12.4 Å². The van der Waals surface area contributed by atoms with Crippen molar-refractivity contribution >= 4 is 35.2 Å². The third-order valence-corrected chi connectivity index (χ3v) is 4.95. The van der Waals surface area contributed by atoms with Crippen molar-refractivity contribution in [3.63, 3.8) is 0 Å². The summed E-state index contributed by atoms with van der Waals surface area (Å²) in [4.78, 5) is 14.0. The zero-order chi connectivity index (χ0) is 18.6. The predicted octanol–water partition coefficient (Wildman–Crippen LogP) is 1.51. The minimum atomic E-state index is 0. The maximum absolute atomic E-state index is 9.12. The van der Waals surface area contributed by atoms with Gasteiger partial charge in [0.25, 0.3) is 0 Å². The van der Waals surface area contributed by atoms with Crippen LogP contribution in [0.5, 0.6) is 0 Å². The van der Waals surface area contributed by atoms with Crippen molar-refractivity contribution in [3.8, 4) is 0 Å². The van der Waals surface area contributed by atoms with Crippen LogP contribution in [0.15, 0.2) is 36.5 Å². The normalized spacial score (nSPS) is 14.9. The monoisotopic (exact) mass is 403 g/mol. The fourth-order valence-corrected chi connectivity index (χ4v) is 3.38. The molecule has 0 unspecified atom stereocenters. The summed E-state index contributed by atoms with van der Waals surface area (Å²) in [7, 11) is 1.90. The Hall–Kier alpha value is -2.42. The van der Waals surface area contributed by atoms with Crippen molar-refractivity contribution in [2.24, 2.45) is 7.05 Å². The summed E-state index contributed by atoms with van der Waals surface area (Å²) in [6.07, 6.45) is 1.81. The Morgan fingerprint density at radius 1 is 1.07 bits per heavy atom. The van der Waals surface area contributed by atoms with E-state index in [9.17, 15) is 0 Å². The highest BCUT2D eigenvalue weighted by atomic mass is 35.5. The standard InChI is InChI=1S/C19H25N7O.ClH/c1-24-18-16(14-21-24)17(20-13-15-5-3-2-4-6-15)22-19(23-18)26-9-7-25(8-10-26)11-12-27;/h2-6,14,27H,7-13H2,1H3,(H,20,22,23);1H. The summed E-state index contributed by atoms with van der Waals surface area (Å²) in [5, 5.41) is 17.9. The number of halogens is 1. The molecule has 4 rings (SSSR count). The maximum atomic E-state index is 9.12. The second-order valence-electron chi connectivity index (χ2n) is 6.77. The maximum Gasteiger partial charge on any atom is 0.229 e. The number of aliphatic hydroxyl groups is 1. The Morgan fingerprint density at radius 2 is 1.82 bits per heavy atom. The van der Waals surface area contributed by atoms with Crippen LogP contribution in [0.25, 0.3) is 11.0 Å². The third-order valence-electron chi connectivity index (χ3n) is 4.95. The van der Waals surface area contributed by atoms with Gasteiger partial charge in [0, 0.05) is 46.3 Å². The zero-order valence-corrected chi connectivity index (χ0v) is 16.8. The van der Waals surface area contributed by atoms with Crippen LogP contribution in [-0.2, 0) is 13.6 Å². The average molecular weight is 404 g/mol. The second kappa shape index (κ2) is 9.18. The van der Waals surface area contributed by atoms with Gasteiger partial charge in [-0.05, 0) is 5.56 Å². The number of nitrogens with one attached hydrogen (secondary N) is 1. The SMILES string of the molecule is Cl.Cn1ncc2c(NCc3ccccc3)nc(N3CCN(CCO)CC3)nc21. The number of anilines is 2. The molecule has 0 atom stereocenters. The van der Waals surface area contributed by atoms with E-state index >= 15 is 0 Å². The predicted molar refractivity (Wildman–Crippen MR) is 113 cm³/mol. The first kappa shape index (κ1) is 20.3. The van der Waals surface area contributed by atoms with Gasteiger partial charge in [0.1, 0.15) is 5.82 Å². The molecule has 3 heterocycles. The Balaban J connectivity index is 0.00000225. The number of aromatic nitrogens is 4. The Labute approximate surface area is 170 Å². The Kier molecular flexibility index (Phi) is 6.66. The molecule has 0 aliphatic carbocycles. The summed E-state index contributed by atoms with van der Waals surface area (Å²) < 4.78 is 1.79. The van der Waals surface area contributed by atoms with E-state index in [1.807, 2.05) is 31.4 Å². The van der Waals surface area contributed by atoms with Gasteiger partial charge in [0.2, 0.25) is 5.95 Å². The van der Waals surface area contributed by atoms with E-state index in [1.165, 1.54) is 5.56 Å². The topological polar surface area (TPSA) is 82.3 Å². The number of nitrogens with zero attached hydrogens (tertiary/aromatic N) is 6. The van der Waals surface area contributed by atoms with Crippen LogP contribution in [0.2, 0.25) is 0 Å². The molecule has 1 fully saturated rings. The molecule has 0 spiro atoms. The van der Waals surface area contributed by atoms with E-state index in [2.05, 4.69) is 32.3 Å². The van der Waals surface area contributed by atoms with E-state index < -0.39 is 0 Å². The van der Waals surface area contributed by atoms with E-state index in [0.29, 0.717) is 6.54 Å². The number of hydrogen-bond donors (Lipinski definition) is 2. The third kappa shape index (κ3) is 4.35. The van der Waals surface area contributed by atoms with Gasteiger partial charge < -0.3 is 15.3 Å². The Bertz CT molecular complexity index is 894. The molecule has 9 heteroatoms. The van der Waals surface area contributed by atoms with Crippen LogP contribution in [0.4, 0.5) is 11.8 Å². The molecule has 1 aromatic carbocycles. The lowest BCUT2D eigenvalue weighted by molar-refractivity contribution is 0.188. The van der Waals surface area contributed by atoms with E-state index in [1.54, 1.807) is 4.68 Å². The fourth-order valence-electron chi connectivity index (χ4n) is 3.38. The van der Waals surface area contributed by atoms with Gasteiger partial charge in [-0.1, -0.05) is 30.3 Å². The van der Waals surface area contributed by atoms with Crippen molar-refractivity contribution < 1.29 is 5.11 Å². The molecular formula is C19H26ClN7O. The summed E-state index contributed by atoms with van der Waals surface area (Å²) in [5.74, 6) is 1.54. The van der Waals surface area contributed by atoms with Crippen molar-refractivity contribution in [2.45, 2.75) is 6.54 Å². The number of aliphatic hydroxyl groups excluding tert-OH is 1. The molecule has 0 amide bonds. The van der Waals surface area contributed by atoms with E-state index in [-0.39, 0.29) is 19.0 Å². The molecule has 28 heavy (non-hydrogen) atoms. The molecule has 8 nitrogen and oxygen atoms in total. The largest absolute Gasteiger partial charge is 0.395 e. The molecule has 0 radical (unpaired) electrons. The van der Waals surface area contributed by atoms with Gasteiger partial charge in [-0.2, -0.15) is 15.1 Å². The van der Waals surface area contributed by atoms with Crippen LogP contribution < -0.4 is 10.2 Å². The first-order chi connectivity index (χ1) is 13.2. The lowest BCUT2D eigenvalue weighted by Crippen LogP contribution is -2.47. The van der Waals surface area contributed by atoms with Crippen LogP contribution in [0.3, 0.4) is 0 Å². The Morgan fingerprint density at radius 3 is 2.54 bits per heavy atom. The molecule has 0 saturated carbocycles. The van der Waals surface area contributed by atoms with Gasteiger partial charge in [-0.25, -0.2) is 0 Å². The molecule has 2 N–H and O–H groups in total. The lowest BCUT2D eigenvalue weighted by Gasteiger charge is -2.34. The van der Waals surface area contributed by atoms with Crippen LogP contribution in [0, 0.1) is 0 Å². The minimum absolute atomic E-state index is 0. The lowest BCUT2D eigenvalue weighted by atomic mass is 10.2. The average Bonchev–Trinajstić information content (AvgIpc) is 3.09. The van der Waals surface area contributed by atoms with Gasteiger partial charge in [-0.3, -0.25) is 9.58 Å². The zero-order valence-electron chi connectivity index (χ0n) is 16.0. The number of hydrogen-bond acceptors (Lipinski definition) is 7. The van der Waals surface area contributed by atoms with Crippen molar-refractivity contribution in [2.75, 3.05) is 49.5 Å². The number of β-amino-alcohol motifs (C(OH)–C–C–N with tert-alkyl or cyclic N) is 1. The highest BCUT2D eigenvalue weighted by Crippen LogP contribution is 2.24. The van der Waals surface area contributed by atoms with Crippen LogP contribution in [0.1, 0.15) is 5.56 Å². The number of benzene rings is 1. The molecule has 3 aromatic rings. The smallest absolute Gasteiger partial charge is 0.229 e. The summed E-state index contributed by atoms with van der Waals surface area (Å²) in [6.45, 7) is 5.12. The number of piperazine rings is 1. The minimum Gasteiger partial charge on any atom is -0.395 e. The number of aryl methyl sites for hydroxylation is 1. The molecule has 2 aromatic heterocycles.